The SMILES string of the molecule is CC(C)(C)ON=O.Nc1ccc2c(c1)CCCC2=O.O=C1CCCc2cc(Br)ccc21. The molecule has 2 aromatic carbocycles. The number of anilines is 1. The topological polar surface area (TPSA) is 98.8 Å². The van der Waals surface area contributed by atoms with E-state index in [2.05, 4.69) is 26.1 Å². The van der Waals surface area contributed by atoms with Gasteiger partial charge in [0.15, 0.2) is 16.9 Å². The molecule has 2 N–H and O–H groups in total. The maximum Gasteiger partial charge on any atom is 0.163 e. The number of nitrogen functional groups attached to an aromatic ring is 1. The zero-order chi connectivity index (χ0) is 23.0. The van der Waals surface area contributed by atoms with Crippen LogP contribution in [0, 0.1) is 4.91 Å². The zero-order valence-corrected chi connectivity index (χ0v) is 19.8. The van der Waals surface area contributed by atoms with Crippen LogP contribution in [0.2, 0.25) is 0 Å². The predicted octanol–water partition coefficient (Wildman–Crippen LogP) is 6.24. The molecule has 2 aliphatic carbocycles. The molecule has 0 aromatic heterocycles. The quantitative estimate of drug-likeness (QED) is 0.291. The number of carbonyl (C=O) groups excluding carboxylic acids is 2. The summed E-state index contributed by atoms with van der Waals surface area (Å²) in [7, 11) is 0. The molecule has 166 valence electrons. The highest BCUT2D eigenvalue weighted by Crippen LogP contribution is 2.24. The average molecular weight is 489 g/mol. The van der Waals surface area contributed by atoms with E-state index in [1.165, 1.54) is 5.56 Å². The normalized spacial score (nSPS) is 14.7. The molecule has 31 heavy (non-hydrogen) atoms. The molecule has 4 rings (SSSR count). The Bertz CT molecular complexity index is 884. The van der Waals surface area contributed by atoms with Crippen LogP contribution in [0.4, 0.5) is 5.69 Å². The van der Waals surface area contributed by atoms with Crippen molar-refractivity contribution in [2.45, 2.75) is 64.9 Å². The van der Waals surface area contributed by atoms with Crippen LogP contribution in [-0.4, -0.2) is 17.2 Å². The Morgan fingerprint density at radius 1 is 0.871 bits per heavy atom. The first kappa shape index (κ1) is 24.7. The van der Waals surface area contributed by atoms with Crippen molar-refractivity contribution in [3.8, 4) is 0 Å². The van der Waals surface area contributed by atoms with Crippen LogP contribution in [0.5, 0.6) is 0 Å². The summed E-state index contributed by atoms with van der Waals surface area (Å²) in [5.41, 5.74) is 10.0. The molecule has 0 fully saturated rings. The van der Waals surface area contributed by atoms with Crippen molar-refractivity contribution in [1.29, 1.82) is 0 Å². The van der Waals surface area contributed by atoms with Crippen LogP contribution in [0.3, 0.4) is 0 Å². The van der Waals surface area contributed by atoms with Gasteiger partial charge >= 0.3 is 0 Å². The molecule has 2 aromatic rings. The van der Waals surface area contributed by atoms with Crippen LogP contribution in [-0.2, 0) is 17.7 Å². The van der Waals surface area contributed by atoms with Crippen molar-refractivity contribution in [3.63, 3.8) is 0 Å². The summed E-state index contributed by atoms with van der Waals surface area (Å²) < 4.78 is 1.07. The third-order valence-electron chi connectivity index (χ3n) is 4.81. The van der Waals surface area contributed by atoms with Crippen LogP contribution >= 0.6 is 15.9 Å². The first-order chi connectivity index (χ1) is 14.6. The van der Waals surface area contributed by atoms with Gasteiger partial charge in [-0.2, -0.15) is 0 Å². The fourth-order valence-electron chi connectivity index (χ4n) is 3.39. The number of hydrogen-bond acceptors (Lipinski definition) is 6. The van der Waals surface area contributed by atoms with Gasteiger partial charge in [-0.25, -0.2) is 0 Å². The lowest BCUT2D eigenvalue weighted by atomic mass is 9.90. The van der Waals surface area contributed by atoms with Gasteiger partial charge < -0.3 is 10.6 Å². The number of nitrogens with two attached hydrogens (primary N) is 1. The van der Waals surface area contributed by atoms with Crippen LogP contribution in [0.1, 0.15) is 78.3 Å². The zero-order valence-electron chi connectivity index (χ0n) is 18.2. The molecule has 0 saturated carbocycles. The molecular weight excluding hydrogens is 460 g/mol. The molecule has 0 spiro atoms. The number of fused-ring (bicyclic) bond motifs is 2. The van der Waals surface area contributed by atoms with Gasteiger partial charge in [0.05, 0.1) is 0 Å². The van der Waals surface area contributed by atoms with Crippen molar-refractivity contribution >= 4 is 33.2 Å². The number of halogens is 1. The number of benzene rings is 2. The largest absolute Gasteiger partial charge is 0.399 e. The Hall–Kier alpha value is -2.54. The van der Waals surface area contributed by atoms with Crippen molar-refractivity contribution in [2.75, 3.05) is 5.73 Å². The van der Waals surface area contributed by atoms with Crippen LogP contribution in [0.15, 0.2) is 46.2 Å². The van der Waals surface area contributed by atoms with E-state index in [1.807, 2.05) is 30.3 Å². The highest BCUT2D eigenvalue weighted by molar-refractivity contribution is 9.10. The van der Waals surface area contributed by atoms with Gasteiger partial charge in [0.25, 0.3) is 0 Å². The van der Waals surface area contributed by atoms with Crippen molar-refractivity contribution in [1.82, 2.24) is 0 Å². The third kappa shape index (κ3) is 7.90. The molecule has 0 heterocycles. The molecule has 2 aliphatic rings. The van der Waals surface area contributed by atoms with Gasteiger partial charge in [-0.1, -0.05) is 22.0 Å². The van der Waals surface area contributed by atoms with Gasteiger partial charge in [0.1, 0.15) is 5.60 Å². The van der Waals surface area contributed by atoms with E-state index in [0.29, 0.717) is 18.6 Å². The monoisotopic (exact) mass is 488 g/mol. The highest BCUT2D eigenvalue weighted by Gasteiger charge is 2.17. The molecule has 0 unspecified atom stereocenters. The lowest BCUT2D eigenvalue weighted by molar-refractivity contribution is -0.00230. The summed E-state index contributed by atoms with van der Waals surface area (Å²) in [5, 5.41) is 2.26. The minimum Gasteiger partial charge on any atom is -0.399 e. The molecule has 0 atom stereocenters. The number of nitrogens with zero attached hydrogens (tertiary/aromatic N) is 1. The summed E-state index contributed by atoms with van der Waals surface area (Å²) in [6, 6.07) is 11.4. The second kappa shape index (κ2) is 11.2. The Morgan fingerprint density at radius 2 is 1.39 bits per heavy atom. The Kier molecular flexibility index (Phi) is 8.92. The number of carbonyl (C=O) groups is 2. The second-order valence-electron chi connectivity index (χ2n) is 8.55. The molecule has 0 radical (unpaired) electrons. The van der Waals surface area contributed by atoms with E-state index < -0.39 is 5.60 Å². The lowest BCUT2D eigenvalue weighted by Crippen LogP contribution is -2.14. The number of rotatable bonds is 1. The molecule has 0 saturated heterocycles. The standard InChI is InChI=1S/C10H9BrO.C10H11NO.C4H9NO2/c2*11-8-4-5-9-7(6-8)2-1-3-10(9)12;1-4(2,3)7-5-6/h4-6H,1-3H2;4-6H,1-3,11H2;1-3H3. The molecule has 6 nitrogen and oxygen atoms in total. The Morgan fingerprint density at radius 3 is 1.87 bits per heavy atom. The van der Waals surface area contributed by atoms with Gasteiger partial charge in [0.2, 0.25) is 0 Å². The molecule has 0 aliphatic heterocycles. The smallest absolute Gasteiger partial charge is 0.163 e. The van der Waals surface area contributed by atoms with Gasteiger partial charge in [0, 0.05) is 34.1 Å². The minimum atomic E-state index is -0.429. The van der Waals surface area contributed by atoms with Gasteiger partial charge in [-0.3, -0.25) is 9.59 Å². The average Bonchev–Trinajstić information content (AvgIpc) is 2.68. The molecule has 0 amide bonds. The number of aryl methyl sites for hydroxylation is 2. The van der Waals surface area contributed by atoms with Crippen LogP contribution in [0.25, 0.3) is 0 Å². The maximum absolute atomic E-state index is 11.4. The molecule has 0 bridgehead atoms. The Labute approximate surface area is 191 Å². The summed E-state index contributed by atoms with van der Waals surface area (Å²) in [5.74, 6) is 0.556. The first-order valence-electron chi connectivity index (χ1n) is 10.3. The van der Waals surface area contributed by atoms with Gasteiger partial charge in [-0.05, 0) is 87.9 Å². The van der Waals surface area contributed by atoms with Crippen molar-refractivity contribution in [3.05, 3.63) is 68.0 Å². The maximum atomic E-state index is 11.4. The molecular formula is C24H29BrN2O4. The fourth-order valence-corrected chi connectivity index (χ4v) is 3.80. The lowest BCUT2D eigenvalue weighted by Gasteiger charge is -2.14. The van der Waals surface area contributed by atoms with E-state index in [0.717, 1.165) is 52.5 Å². The van der Waals surface area contributed by atoms with E-state index in [9.17, 15) is 14.5 Å². The number of ketones is 2. The van der Waals surface area contributed by atoms with Gasteiger partial charge in [-0.15, -0.1) is 4.91 Å². The minimum absolute atomic E-state index is 0.260. The number of Topliss-reactive ketones (excluding diaryl/α,β-unsaturated/α-hetero) is 2. The van der Waals surface area contributed by atoms with E-state index in [-0.39, 0.29) is 5.78 Å². The predicted molar refractivity (Wildman–Crippen MR) is 126 cm³/mol. The summed E-state index contributed by atoms with van der Waals surface area (Å²) in [4.78, 5) is 36.4. The summed E-state index contributed by atoms with van der Waals surface area (Å²) in [6.45, 7) is 5.28. The van der Waals surface area contributed by atoms with Crippen molar-refractivity contribution in [2.24, 2.45) is 5.34 Å². The first-order valence-corrected chi connectivity index (χ1v) is 11.1. The third-order valence-corrected chi connectivity index (χ3v) is 5.30. The fraction of sp³-hybridized carbons (Fsp3) is 0.417. The second-order valence-corrected chi connectivity index (χ2v) is 9.47. The van der Waals surface area contributed by atoms with E-state index in [4.69, 9.17) is 5.73 Å². The van der Waals surface area contributed by atoms with E-state index in [1.54, 1.807) is 26.8 Å². The Balaban J connectivity index is 0.000000173. The summed E-state index contributed by atoms with van der Waals surface area (Å²) in [6.07, 6.45) is 5.41. The highest BCUT2D eigenvalue weighted by atomic mass is 79.9. The van der Waals surface area contributed by atoms with E-state index >= 15 is 0 Å². The van der Waals surface area contributed by atoms with Crippen molar-refractivity contribution < 1.29 is 14.4 Å². The summed E-state index contributed by atoms with van der Waals surface area (Å²) >= 11 is 3.40. The number of hydrogen-bond donors (Lipinski definition) is 1. The van der Waals surface area contributed by atoms with Crippen LogP contribution < -0.4 is 5.73 Å². The molecule has 7 heteroatoms.